The quantitative estimate of drug-likeness (QED) is 0.808. The van der Waals surface area contributed by atoms with Gasteiger partial charge in [-0.1, -0.05) is 25.4 Å². The molecule has 4 nitrogen and oxygen atoms in total. The van der Waals surface area contributed by atoms with Crippen LogP contribution in [0, 0.1) is 0 Å². The van der Waals surface area contributed by atoms with Gasteiger partial charge in [-0.2, -0.15) is 0 Å². The molecule has 0 aliphatic rings. The minimum atomic E-state index is -0.109. The van der Waals surface area contributed by atoms with Crippen LogP contribution in [0.1, 0.15) is 37.0 Å². The highest BCUT2D eigenvalue weighted by molar-refractivity contribution is 6.29. The van der Waals surface area contributed by atoms with Gasteiger partial charge in [0.1, 0.15) is 5.15 Å². The molecular weight excluding hydrogens is 252 g/mol. The summed E-state index contributed by atoms with van der Waals surface area (Å²) in [6, 6.07) is 3.33. The summed E-state index contributed by atoms with van der Waals surface area (Å²) in [6.07, 6.45) is 3.24. The molecule has 0 atom stereocenters. The maximum Gasteiger partial charge on any atom is 0.254 e. The first-order chi connectivity index (χ1) is 8.63. The van der Waals surface area contributed by atoms with Crippen LogP contribution in [0.25, 0.3) is 0 Å². The van der Waals surface area contributed by atoms with Gasteiger partial charge in [0.25, 0.3) is 5.91 Å². The third-order valence-corrected chi connectivity index (χ3v) is 3.17. The predicted octanol–water partition coefficient (Wildman–Crippen LogP) is 2.36. The van der Waals surface area contributed by atoms with Gasteiger partial charge in [-0.25, -0.2) is 4.98 Å². The Labute approximate surface area is 113 Å². The largest absolute Gasteiger partial charge is 0.395 e. The van der Waals surface area contributed by atoms with E-state index in [9.17, 15) is 4.79 Å². The number of nitrogens with zero attached hydrogens (tertiary/aromatic N) is 2. The highest BCUT2D eigenvalue weighted by atomic mass is 35.5. The van der Waals surface area contributed by atoms with Crippen LogP contribution in [0.3, 0.4) is 0 Å². The number of carbonyl (C=O) groups is 1. The molecule has 5 heteroatoms. The molecule has 0 unspecified atom stereocenters. The first-order valence-electron chi connectivity index (χ1n) is 6.17. The fraction of sp³-hybridized carbons (Fsp3) is 0.538. The van der Waals surface area contributed by atoms with Gasteiger partial charge in [-0.15, -0.1) is 0 Å². The van der Waals surface area contributed by atoms with E-state index in [1.807, 2.05) is 13.8 Å². The Hall–Kier alpha value is -1.13. The van der Waals surface area contributed by atoms with Crippen LogP contribution in [0.4, 0.5) is 0 Å². The predicted molar refractivity (Wildman–Crippen MR) is 71.7 cm³/mol. The van der Waals surface area contributed by atoms with E-state index in [0.29, 0.717) is 17.3 Å². The molecule has 18 heavy (non-hydrogen) atoms. The Morgan fingerprint density at radius 2 is 2.17 bits per heavy atom. The number of pyridine rings is 1. The normalized spacial score (nSPS) is 10.7. The summed E-state index contributed by atoms with van der Waals surface area (Å²) in [6.45, 7) is 4.36. The molecule has 100 valence electrons. The van der Waals surface area contributed by atoms with Crippen LogP contribution >= 0.6 is 11.6 Å². The molecule has 0 aliphatic heterocycles. The van der Waals surface area contributed by atoms with Crippen LogP contribution in [0.2, 0.25) is 5.15 Å². The summed E-state index contributed by atoms with van der Waals surface area (Å²) in [5.74, 6) is -0.109. The highest BCUT2D eigenvalue weighted by Gasteiger charge is 2.22. The molecule has 0 spiro atoms. The Kier molecular flexibility index (Phi) is 6.09. The van der Waals surface area contributed by atoms with Gasteiger partial charge in [0.15, 0.2) is 0 Å². The smallest absolute Gasteiger partial charge is 0.254 e. The maximum absolute atomic E-state index is 12.4. The van der Waals surface area contributed by atoms with Gasteiger partial charge in [-0.05, 0) is 25.0 Å². The van der Waals surface area contributed by atoms with E-state index < -0.39 is 0 Å². The fourth-order valence-electron chi connectivity index (χ4n) is 1.99. The van der Waals surface area contributed by atoms with Crippen LogP contribution in [0.5, 0.6) is 0 Å². The molecule has 0 aliphatic carbocycles. The Morgan fingerprint density at radius 3 is 2.67 bits per heavy atom. The Balaban J connectivity index is 2.95. The highest BCUT2D eigenvalue weighted by Crippen LogP contribution is 2.15. The third-order valence-electron chi connectivity index (χ3n) is 2.96. The van der Waals surface area contributed by atoms with E-state index >= 15 is 0 Å². The molecule has 0 aromatic carbocycles. The molecular formula is C13H19ClN2O2. The lowest BCUT2D eigenvalue weighted by molar-refractivity contribution is 0.0622. The van der Waals surface area contributed by atoms with Gasteiger partial charge in [-0.3, -0.25) is 4.79 Å². The van der Waals surface area contributed by atoms with Crippen molar-refractivity contribution in [2.24, 2.45) is 0 Å². The van der Waals surface area contributed by atoms with Crippen molar-refractivity contribution in [3.8, 4) is 0 Å². The van der Waals surface area contributed by atoms with Gasteiger partial charge in [0.2, 0.25) is 0 Å². The van der Waals surface area contributed by atoms with Crippen molar-refractivity contribution >= 4 is 17.5 Å². The van der Waals surface area contributed by atoms with Crippen LogP contribution < -0.4 is 0 Å². The molecule has 1 aromatic rings. The minimum absolute atomic E-state index is 0.0406. The minimum Gasteiger partial charge on any atom is -0.395 e. The van der Waals surface area contributed by atoms with E-state index in [2.05, 4.69) is 4.98 Å². The number of hydrogen-bond donors (Lipinski definition) is 1. The maximum atomic E-state index is 12.4. The first kappa shape index (κ1) is 14.9. The van der Waals surface area contributed by atoms with E-state index in [1.54, 1.807) is 17.0 Å². The molecule has 0 saturated heterocycles. The summed E-state index contributed by atoms with van der Waals surface area (Å²) in [5, 5.41) is 9.40. The Bertz CT molecular complexity index is 394. The number of aromatic nitrogens is 1. The topological polar surface area (TPSA) is 53.4 Å². The summed E-state index contributed by atoms with van der Waals surface area (Å²) >= 11 is 5.79. The molecule has 1 rings (SSSR count). The number of rotatable bonds is 6. The standard InChI is InChI=1S/C13H19ClN2O2/c1-3-11(4-2)16(7-8-17)13(18)10-5-6-15-12(14)9-10/h5-6,9,11,17H,3-4,7-8H2,1-2H3. The summed E-state index contributed by atoms with van der Waals surface area (Å²) in [5.41, 5.74) is 0.510. The molecule has 1 N–H and O–H groups in total. The lowest BCUT2D eigenvalue weighted by Crippen LogP contribution is -2.41. The van der Waals surface area contributed by atoms with Gasteiger partial charge in [0, 0.05) is 24.3 Å². The van der Waals surface area contributed by atoms with Crippen molar-refractivity contribution in [1.29, 1.82) is 0 Å². The number of hydrogen-bond acceptors (Lipinski definition) is 3. The molecule has 1 heterocycles. The first-order valence-corrected chi connectivity index (χ1v) is 6.55. The second-order valence-electron chi connectivity index (χ2n) is 4.06. The van der Waals surface area contributed by atoms with Crippen LogP contribution in [-0.2, 0) is 0 Å². The van der Waals surface area contributed by atoms with E-state index in [1.165, 1.54) is 6.20 Å². The monoisotopic (exact) mass is 270 g/mol. The lowest BCUT2D eigenvalue weighted by Gasteiger charge is -2.30. The molecule has 1 aromatic heterocycles. The van der Waals surface area contributed by atoms with Crippen molar-refractivity contribution < 1.29 is 9.90 Å². The van der Waals surface area contributed by atoms with Crippen molar-refractivity contribution in [1.82, 2.24) is 9.88 Å². The number of halogens is 1. The molecule has 0 bridgehead atoms. The SMILES string of the molecule is CCC(CC)N(CCO)C(=O)c1ccnc(Cl)c1. The third kappa shape index (κ3) is 3.68. The fourth-order valence-corrected chi connectivity index (χ4v) is 2.16. The zero-order valence-corrected chi connectivity index (χ0v) is 11.5. The van der Waals surface area contributed by atoms with Crippen molar-refractivity contribution in [3.05, 3.63) is 29.0 Å². The zero-order chi connectivity index (χ0) is 13.5. The van der Waals surface area contributed by atoms with Crippen molar-refractivity contribution in [2.75, 3.05) is 13.2 Å². The average molecular weight is 271 g/mol. The second kappa shape index (κ2) is 7.34. The van der Waals surface area contributed by atoms with Gasteiger partial charge < -0.3 is 10.0 Å². The van der Waals surface area contributed by atoms with Gasteiger partial charge in [0.05, 0.1) is 6.61 Å². The van der Waals surface area contributed by atoms with Crippen LogP contribution in [0.15, 0.2) is 18.3 Å². The number of aliphatic hydroxyl groups excluding tert-OH is 1. The number of aliphatic hydroxyl groups is 1. The van der Waals surface area contributed by atoms with Gasteiger partial charge >= 0.3 is 0 Å². The zero-order valence-electron chi connectivity index (χ0n) is 10.8. The molecule has 1 amide bonds. The number of amides is 1. The summed E-state index contributed by atoms with van der Waals surface area (Å²) in [7, 11) is 0. The van der Waals surface area contributed by atoms with Crippen molar-refractivity contribution in [3.63, 3.8) is 0 Å². The Morgan fingerprint density at radius 1 is 1.50 bits per heavy atom. The molecule has 0 fully saturated rings. The van der Waals surface area contributed by atoms with E-state index in [4.69, 9.17) is 16.7 Å². The molecule has 0 saturated carbocycles. The van der Waals surface area contributed by atoms with E-state index in [0.717, 1.165) is 12.8 Å². The summed E-state index contributed by atoms with van der Waals surface area (Å²) < 4.78 is 0. The van der Waals surface area contributed by atoms with E-state index in [-0.39, 0.29) is 18.6 Å². The summed E-state index contributed by atoms with van der Waals surface area (Å²) in [4.78, 5) is 17.9. The molecule has 0 radical (unpaired) electrons. The second-order valence-corrected chi connectivity index (χ2v) is 4.45. The van der Waals surface area contributed by atoms with Crippen LogP contribution in [-0.4, -0.2) is 40.1 Å². The lowest BCUT2D eigenvalue weighted by atomic mass is 10.1. The number of carbonyl (C=O) groups excluding carboxylic acids is 1. The van der Waals surface area contributed by atoms with Crippen molar-refractivity contribution in [2.45, 2.75) is 32.7 Å². The average Bonchev–Trinajstić information content (AvgIpc) is 2.38.